The lowest BCUT2D eigenvalue weighted by atomic mass is 10.1. The number of benzene rings is 2. The second kappa shape index (κ2) is 7.35. The summed E-state index contributed by atoms with van der Waals surface area (Å²) < 4.78 is 12.9. The molecular formula is C19H14FN3O2. The molecule has 2 amide bonds. The van der Waals surface area contributed by atoms with Crippen LogP contribution in [0.5, 0.6) is 0 Å². The zero-order valence-corrected chi connectivity index (χ0v) is 13.1. The van der Waals surface area contributed by atoms with Gasteiger partial charge >= 0.3 is 0 Å². The van der Waals surface area contributed by atoms with E-state index in [2.05, 4.69) is 15.6 Å². The molecule has 3 aromatic rings. The highest BCUT2D eigenvalue weighted by Crippen LogP contribution is 2.15. The van der Waals surface area contributed by atoms with Gasteiger partial charge in [0.05, 0.1) is 5.56 Å². The number of rotatable bonds is 4. The van der Waals surface area contributed by atoms with Crippen molar-refractivity contribution in [1.29, 1.82) is 0 Å². The lowest BCUT2D eigenvalue weighted by molar-refractivity contribution is 0.101. The summed E-state index contributed by atoms with van der Waals surface area (Å²) in [7, 11) is 0. The largest absolute Gasteiger partial charge is 0.322 e. The molecule has 6 heteroatoms. The van der Waals surface area contributed by atoms with Gasteiger partial charge in [-0.25, -0.2) is 4.39 Å². The van der Waals surface area contributed by atoms with E-state index in [4.69, 9.17) is 0 Å². The summed E-state index contributed by atoms with van der Waals surface area (Å²) in [5.74, 6) is -1.05. The van der Waals surface area contributed by atoms with Crippen LogP contribution in [0.4, 0.5) is 15.8 Å². The van der Waals surface area contributed by atoms with Crippen molar-refractivity contribution in [3.05, 3.63) is 90.0 Å². The molecule has 0 saturated heterocycles. The molecule has 0 unspecified atom stereocenters. The topological polar surface area (TPSA) is 71.1 Å². The summed E-state index contributed by atoms with van der Waals surface area (Å²) in [4.78, 5) is 28.3. The summed E-state index contributed by atoms with van der Waals surface area (Å²) in [6.45, 7) is 0. The number of pyridine rings is 1. The van der Waals surface area contributed by atoms with Crippen LogP contribution in [-0.2, 0) is 0 Å². The molecule has 0 saturated carbocycles. The van der Waals surface area contributed by atoms with Gasteiger partial charge in [0.25, 0.3) is 11.8 Å². The normalized spacial score (nSPS) is 10.1. The summed E-state index contributed by atoms with van der Waals surface area (Å²) in [6, 6.07) is 15.3. The van der Waals surface area contributed by atoms with Gasteiger partial charge in [0.1, 0.15) is 5.82 Å². The summed E-state index contributed by atoms with van der Waals surface area (Å²) in [5.41, 5.74) is 1.76. The third-order valence-electron chi connectivity index (χ3n) is 3.41. The Balaban J connectivity index is 1.71. The number of nitrogens with one attached hydrogen (secondary N) is 2. The molecule has 1 aromatic heterocycles. The fraction of sp³-hybridized carbons (Fsp3) is 0. The second-order valence-electron chi connectivity index (χ2n) is 5.24. The van der Waals surface area contributed by atoms with Crippen LogP contribution in [0, 0.1) is 5.82 Å². The predicted molar refractivity (Wildman–Crippen MR) is 93.0 cm³/mol. The van der Waals surface area contributed by atoms with Gasteiger partial charge in [-0.3, -0.25) is 14.6 Å². The number of carbonyl (C=O) groups excluding carboxylic acids is 2. The van der Waals surface area contributed by atoms with Crippen LogP contribution in [0.1, 0.15) is 20.7 Å². The van der Waals surface area contributed by atoms with Crippen LogP contribution in [0.15, 0.2) is 73.1 Å². The molecule has 25 heavy (non-hydrogen) atoms. The first kappa shape index (κ1) is 16.3. The van der Waals surface area contributed by atoms with Gasteiger partial charge in [0.2, 0.25) is 0 Å². The predicted octanol–water partition coefficient (Wildman–Crippen LogP) is 3.73. The average molecular weight is 335 g/mol. The Kier molecular flexibility index (Phi) is 4.80. The summed E-state index contributed by atoms with van der Waals surface area (Å²) >= 11 is 0. The Labute approximate surface area is 143 Å². The van der Waals surface area contributed by atoms with E-state index in [-0.39, 0.29) is 17.6 Å². The number of anilines is 2. The molecular weight excluding hydrogens is 321 g/mol. The van der Waals surface area contributed by atoms with Crippen molar-refractivity contribution in [2.24, 2.45) is 0 Å². The zero-order chi connectivity index (χ0) is 17.6. The van der Waals surface area contributed by atoms with Crippen LogP contribution < -0.4 is 10.6 Å². The molecule has 124 valence electrons. The van der Waals surface area contributed by atoms with Gasteiger partial charge in [0.15, 0.2) is 0 Å². The number of hydrogen-bond acceptors (Lipinski definition) is 3. The van der Waals surface area contributed by atoms with Gasteiger partial charge in [-0.05, 0) is 54.6 Å². The van der Waals surface area contributed by atoms with Gasteiger partial charge in [0, 0.05) is 29.3 Å². The molecule has 3 rings (SSSR count). The molecule has 0 bridgehead atoms. The second-order valence-corrected chi connectivity index (χ2v) is 5.24. The van der Waals surface area contributed by atoms with E-state index in [1.807, 2.05) is 0 Å². The monoisotopic (exact) mass is 335 g/mol. The number of halogens is 1. The van der Waals surface area contributed by atoms with Gasteiger partial charge in [-0.15, -0.1) is 0 Å². The van der Waals surface area contributed by atoms with E-state index in [1.165, 1.54) is 30.5 Å². The Hall–Kier alpha value is -3.54. The van der Waals surface area contributed by atoms with E-state index in [0.717, 1.165) is 0 Å². The van der Waals surface area contributed by atoms with Crippen LogP contribution in [0.25, 0.3) is 0 Å². The van der Waals surface area contributed by atoms with E-state index >= 15 is 0 Å². The molecule has 0 fully saturated rings. The third-order valence-corrected chi connectivity index (χ3v) is 3.41. The van der Waals surface area contributed by atoms with Gasteiger partial charge < -0.3 is 10.6 Å². The van der Waals surface area contributed by atoms with Crippen LogP contribution in [0.3, 0.4) is 0 Å². The first-order valence-corrected chi connectivity index (χ1v) is 7.50. The Morgan fingerprint density at radius 1 is 0.800 bits per heavy atom. The molecule has 0 aliphatic heterocycles. The SMILES string of the molecule is O=C(Nc1cccc(C(=O)Nc2ccc(F)cc2)c1)c1cccnc1. The first-order chi connectivity index (χ1) is 12.1. The van der Waals surface area contributed by atoms with E-state index in [1.54, 1.807) is 42.6 Å². The minimum Gasteiger partial charge on any atom is -0.322 e. The number of nitrogens with zero attached hydrogens (tertiary/aromatic N) is 1. The number of amides is 2. The molecule has 0 aliphatic rings. The van der Waals surface area contributed by atoms with Crippen molar-refractivity contribution in [2.45, 2.75) is 0 Å². The highest BCUT2D eigenvalue weighted by molar-refractivity contribution is 6.07. The van der Waals surface area contributed by atoms with Gasteiger partial charge in [-0.1, -0.05) is 6.07 Å². The fourth-order valence-corrected chi connectivity index (χ4v) is 2.18. The molecule has 2 aromatic carbocycles. The maximum Gasteiger partial charge on any atom is 0.257 e. The lowest BCUT2D eigenvalue weighted by Gasteiger charge is -2.08. The minimum absolute atomic E-state index is 0.316. The van der Waals surface area contributed by atoms with E-state index in [9.17, 15) is 14.0 Å². The fourth-order valence-electron chi connectivity index (χ4n) is 2.18. The number of aromatic nitrogens is 1. The van der Waals surface area contributed by atoms with Crippen molar-refractivity contribution in [3.63, 3.8) is 0 Å². The maximum absolute atomic E-state index is 12.9. The third kappa shape index (κ3) is 4.26. The van der Waals surface area contributed by atoms with Crippen molar-refractivity contribution in [1.82, 2.24) is 4.98 Å². The quantitative estimate of drug-likeness (QED) is 0.763. The number of hydrogen-bond donors (Lipinski definition) is 2. The van der Waals surface area contributed by atoms with Crippen molar-refractivity contribution in [3.8, 4) is 0 Å². The molecule has 0 spiro atoms. The summed E-state index contributed by atoms with van der Waals surface area (Å²) in [5, 5.41) is 5.39. The maximum atomic E-state index is 12.9. The molecule has 5 nitrogen and oxygen atoms in total. The Morgan fingerprint density at radius 2 is 1.48 bits per heavy atom. The van der Waals surface area contributed by atoms with Gasteiger partial charge in [-0.2, -0.15) is 0 Å². The highest BCUT2D eigenvalue weighted by Gasteiger charge is 2.10. The van der Waals surface area contributed by atoms with Crippen molar-refractivity contribution < 1.29 is 14.0 Å². The Morgan fingerprint density at radius 3 is 2.20 bits per heavy atom. The highest BCUT2D eigenvalue weighted by atomic mass is 19.1. The lowest BCUT2D eigenvalue weighted by Crippen LogP contribution is -2.14. The molecule has 2 N–H and O–H groups in total. The molecule has 0 radical (unpaired) electrons. The van der Waals surface area contributed by atoms with Crippen LogP contribution in [0.2, 0.25) is 0 Å². The molecule has 1 heterocycles. The zero-order valence-electron chi connectivity index (χ0n) is 13.1. The minimum atomic E-state index is -0.377. The Bertz CT molecular complexity index is 896. The van der Waals surface area contributed by atoms with E-state index in [0.29, 0.717) is 22.5 Å². The average Bonchev–Trinajstić information content (AvgIpc) is 2.64. The van der Waals surface area contributed by atoms with Crippen molar-refractivity contribution in [2.75, 3.05) is 10.6 Å². The standard InChI is InChI=1S/C19H14FN3O2/c20-15-6-8-16(9-7-15)22-18(24)13-3-1-5-17(11-13)23-19(25)14-4-2-10-21-12-14/h1-12H,(H,22,24)(H,23,25). The molecule has 0 atom stereocenters. The summed E-state index contributed by atoms with van der Waals surface area (Å²) in [6.07, 6.45) is 3.04. The number of carbonyl (C=O) groups is 2. The van der Waals surface area contributed by atoms with Crippen molar-refractivity contribution >= 4 is 23.2 Å². The first-order valence-electron chi connectivity index (χ1n) is 7.50. The van der Waals surface area contributed by atoms with Crippen LogP contribution >= 0.6 is 0 Å². The molecule has 0 aliphatic carbocycles. The van der Waals surface area contributed by atoms with E-state index < -0.39 is 0 Å². The smallest absolute Gasteiger partial charge is 0.257 e. The van der Waals surface area contributed by atoms with Crippen LogP contribution in [-0.4, -0.2) is 16.8 Å².